The highest BCUT2D eigenvalue weighted by Crippen LogP contribution is 2.27. The molecule has 2 aromatic rings. The standard InChI is InChI=1S/C21H24BrNO2/c1-3-15-7-10-20(19(22)11-15)25-13-21(24)23-14(2)17-9-8-16-5-4-6-18(16)12-17/h7-12,14H,3-6,13H2,1-2H3,(H,23,24). The van der Waals surface area contributed by atoms with E-state index in [1.165, 1.54) is 29.5 Å². The second kappa shape index (κ2) is 8.05. The molecule has 0 saturated carbocycles. The molecule has 0 aromatic heterocycles. The van der Waals surface area contributed by atoms with E-state index in [1.807, 2.05) is 25.1 Å². The van der Waals surface area contributed by atoms with Gasteiger partial charge in [-0.1, -0.05) is 31.2 Å². The van der Waals surface area contributed by atoms with Gasteiger partial charge in [-0.05, 0) is 82.9 Å². The number of carbonyl (C=O) groups is 1. The van der Waals surface area contributed by atoms with Crippen LogP contribution in [0.2, 0.25) is 0 Å². The Morgan fingerprint density at radius 3 is 2.76 bits per heavy atom. The maximum atomic E-state index is 12.2. The fourth-order valence-corrected chi connectivity index (χ4v) is 3.79. The average Bonchev–Trinajstić information content (AvgIpc) is 3.08. The van der Waals surface area contributed by atoms with Crippen molar-refractivity contribution in [3.63, 3.8) is 0 Å². The Hall–Kier alpha value is -1.81. The second-order valence-electron chi connectivity index (χ2n) is 6.58. The van der Waals surface area contributed by atoms with Gasteiger partial charge in [0.15, 0.2) is 6.61 Å². The van der Waals surface area contributed by atoms with Gasteiger partial charge in [0.05, 0.1) is 10.5 Å². The number of ether oxygens (including phenoxy) is 1. The van der Waals surface area contributed by atoms with Crippen molar-refractivity contribution in [2.75, 3.05) is 6.61 Å². The summed E-state index contributed by atoms with van der Waals surface area (Å²) in [5.74, 6) is 0.581. The molecule has 1 aliphatic rings. The van der Waals surface area contributed by atoms with Crippen molar-refractivity contribution in [3.8, 4) is 5.75 Å². The van der Waals surface area contributed by atoms with Gasteiger partial charge in [0.2, 0.25) is 0 Å². The Morgan fingerprint density at radius 1 is 1.20 bits per heavy atom. The molecule has 2 aromatic carbocycles. The summed E-state index contributed by atoms with van der Waals surface area (Å²) in [4.78, 5) is 12.2. The maximum Gasteiger partial charge on any atom is 0.258 e. The van der Waals surface area contributed by atoms with Gasteiger partial charge in [0, 0.05) is 0 Å². The number of aryl methyl sites for hydroxylation is 3. The molecule has 1 aliphatic carbocycles. The van der Waals surface area contributed by atoms with E-state index >= 15 is 0 Å². The third-order valence-corrected chi connectivity index (χ3v) is 5.38. The van der Waals surface area contributed by atoms with Crippen LogP contribution in [-0.4, -0.2) is 12.5 Å². The highest BCUT2D eigenvalue weighted by molar-refractivity contribution is 9.10. The van der Waals surface area contributed by atoms with Crippen LogP contribution >= 0.6 is 15.9 Å². The van der Waals surface area contributed by atoms with Crippen molar-refractivity contribution in [1.82, 2.24) is 5.32 Å². The van der Waals surface area contributed by atoms with E-state index in [4.69, 9.17) is 4.74 Å². The van der Waals surface area contributed by atoms with Crippen LogP contribution in [0.1, 0.15) is 48.6 Å². The lowest BCUT2D eigenvalue weighted by molar-refractivity contribution is -0.123. The number of hydrogen-bond donors (Lipinski definition) is 1. The molecule has 0 spiro atoms. The first-order valence-corrected chi connectivity index (χ1v) is 9.68. The molecule has 132 valence electrons. The van der Waals surface area contributed by atoms with Gasteiger partial charge < -0.3 is 10.1 Å². The Morgan fingerprint density at radius 2 is 2.00 bits per heavy atom. The fraction of sp³-hybridized carbons (Fsp3) is 0.381. The van der Waals surface area contributed by atoms with E-state index < -0.39 is 0 Å². The number of carbonyl (C=O) groups excluding carboxylic acids is 1. The first kappa shape index (κ1) is 18.0. The first-order valence-electron chi connectivity index (χ1n) is 8.89. The largest absolute Gasteiger partial charge is 0.483 e. The van der Waals surface area contributed by atoms with Crippen molar-refractivity contribution in [2.24, 2.45) is 0 Å². The smallest absolute Gasteiger partial charge is 0.258 e. The molecular formula is C21H24BrNO2. The quantitative estimate of drug-likeness (QED) is 0.757. The highest BCUT2D eigenvalue weighted by Gasteiger charge is 2.15. The molecule has 4 heteroatoms. The van der Waals surface area contributed by atoms with Crippen molar-refractivity contribution in [2.45, 2.75) is 45.6 Å². The molecule has 3 rings (SSSR count). The molecule has 1 atom stereocenters. The van der Waals surface area contributed by atoms with Gasteiger partial charge in [-0.15, -0.1) is 0 Å². The lowest BCUT2D eigenvalue weighted by Gasteiger charge is -2.16. The summed E-state index contributed by atoms with van der Waals surface area (Å²) in [5, 5.41) is 3.02. The van der Waals surface area contributed by atoms with Crippen molar-refractivity contribution < 1.29 is 9.53 Å². The first-order chi connectivity index (χ1) is 12.1. The summed E-state index contributed by atoms with van der Waals surface area (Å²) >= 11 is 3.50. The van der Waals surface area contributed by atoms with Crippen molar-refractivity contribution in [1.29, 1.82) is 0 Å². The van der Waals surface area contributed by atoms with Crippen molar-refractivity contribution in [3.05, 3.63) is 63.1 Å². The number of benzene rings is 2. The molecule has 0 radical (unpaired) electrons. The minimum atomic E-state index is -0.112. The van der Waals surface area contributed by atoms with Gasteiger partial charge in [-0.2, -0.15) is 0 Å². The molecule has 3 nitrogen and oxygen atoms in total. The lowest BCUT2D eigenvalue weighted by atomic mass is 10.0. The zero-order valence-corrected chi connectivity index (χ0v) is 16.4. The van der Waals surface area contributed by atoms with Crippen molar-refractivity contribution >= 4 is 21.8 Å². The van der Waals surface area contributed by atoms with E-state index in [0.717, 1.165) is 22.9 Å². The second-order valence-corrected chi connectivity index (χ2v) is 7.43. The molecule has 1 N–H and O–H groups in total. The van der Waals surface area contributed by atoms with Crippen LogP contribution in [0, 0.1) is 0 Å². The van der Waals surface area contributed by atoms with Crippen LogP contribution in [0.4, 0.5) is 0 Å². The van der Waals surface area contributed by atoms with E-state index in [9.17, 15) is 4.79 Å². The SMILES string of the molecule is CCc1ccc(OCC(=O)NC(C)c2ccc3c(c2)CCC3)c(Br)c1. The van der Waals surface area contributed by atoms with Crippen LogP contribution in [0.5, 0.6) is 5.75 Å². The number of fused-ring (bicyclic) bond motifs is 1. The summed E-state index contributed by atoms with van der Waals surface area (Å²) in [5.41, 5.74) is 5.26. The predicted molar refractivity (Wildman–Crippen MR) is 104 cm³/mol. The van der Waals surface area contributed by atoms with Crippen LogP contribution in [0.15, 0.2) is 40.9 Å². The third-order valence-electron chi connectivity index (χ3n) is 4.76. The van der Waals surface area contributed by atoms with Gasteiger partial charge in [0.1, 0.15) is 5.75 Å². The third kappa shape index (κ3) is 4.43. The maximum absolute atomic E-state index is 12.2. The number of rotatable bonds is 6. The number of amides is 1. The highest BCUT2D eigenvalue weighted by atomic mass is 79.9. The topological polar surface area (TPSA) is 38.3 Å². The van der Waals surface area contributed by atoms with Crippen LogP contribution in [0.3, 0.4) is 0 Å². The fourth-order valence-electron chi connectivity index (χ4n) is 3.25. The Bertz CT molecular complexity index is 772. The van der Waals surface area contributed by atoms with E-state index in [2.05, 4.69) is 46.4 Å². The number of hydrogen-bond acceptors (Lipinski definition) is 2. The molecular weight excluding hydrogens is 378 g/mol. The Labute approximate surface area is 157 Å². The summed E-state index contributed by atoms with van der Waals surface area (Å²) in [6.45, 7) is 4.13. The van der Waals surface area contributed by atoms with E-state index in [1.54, 1.807) is 0 Å². The molecule has 0 bridgehead atoms. The van der Waals surface area contributed by atoms with Gasteiger partial charge in [-0.25, -0.2) is 0 Å². The Balaban J connectivity index is 1.55. The van der Waals surface area contributed by atoms with Gasteiger partial charge in [-0.3, -0.25) is 4.79 Å². The molecule has 25 heavy (non-hydrogen) atoms. The monoisotopic (exact) mass is 401 g/mol. The summed E-state index contributed by atoms with van der Waals surface area (Å²) in [6.07, 6.45) is 4.53. The minimum absolute atomic E-state index is 0.0132. The van der Waals surface area contributed by atoms with Crippen LogP contribution in [-0.2, 0) is 24.1 Å². The van der Waals surface area contributed by atoms with Gasteiger partial charge in [0.25, 0.3) is 5.91 Å². The average molecular weight is 402 g/mol. The Kier molecular flexibility index (Phi) is 5.79. The lowest BCUT2D eigenvalue weighted by Crippen LogP contribution is -2.31. The molecule has 0 fully saturated rings. The van der Waals surface area contributed by atoms with Crippen LogP contribution < -0.4 is 10.1 Å². The van der Waals surface area contributed by atoms with E-state index in [0.29, 0.717) is 5.75 Å². The number of halogens is 1. The molecule has 0 saturated heterocycles. The van der Waals surface area contributed by atoms with Gasteiger partial charge >= 0.3 is 0 Å². The zero-order chi connectivity index (χ0) is 17.8. The number of nitrogens with one attached hydrogen (secondary N) is 1. The van der Waals surface area contributed by atoms with Crippen LogP contribution in [0.25, 0.3) is 0 Å². The summed E-state index contributed by atoms with van der Waals surface area (Å²) in [7, 11) is 0. The van der Waals surface area contributed by atoms with E-state index in [-0.39, 0.29) is 18.6 Å². The molecule has 1 amide bonds. The molecule has 0 aliphatic heterocycles. The summed E-state index contributed by atoms with van der Waals surface area (Å²) in [6, 6.07) is 12.5. The molecule has 1 unspecified atom stereocenters. The summed E-state index contributed by atoms with van der Waals surface area (Å²) < 4.78 is 6.53. The zero-order valence-electron chi connectivity index (χ0n) is 14.8. The normalized spacial score (nSPS) is 14.0. The molecule has 0 heterocycles. The minimum Gasteiger partial charge on any atom is -0.483 e. The predicted octanol–water partition coefficient (Wildman–Crippen LogP) is 4.76.